The molecule has 2 heterocycles. The Morgan fingerprint density at radius 2 is 1.89 bits per heavy atom. The van der Waals surface area contributed by atoms with E-state index in [-0.39, 0.29) is 34.6 Å². The van der Waals surface area contributed by atoms with Crippen molar-refractivity contribution in [1.82, 2.24) is 14.8 Å². The second kappa shape index (κ2) is 7.65. The highest BCUT2D eigenvalue weighted by atomic mass is 32.2. The van der Waals surface area contributed by atoms with Crippen LogP contribution in [0.1, 0.15) is 11.5 Å². The van der Waals surface area contributed by atoms with Crippen LogP contribution >= 0.6 is 0 Å². The zero-order valence-corrected chi connectivity index (χ0v) is 15.9. The van der Waals surface area contributed by atoms with E-state index in [1.54, 1.807) is 23.1 Å². The van der Waals surface area contributed by atoms with E-state index >= 15 is 0 Å². The molecule has 1 aliphatic rings. The van der Waals surface area contributed by atoms with E-state index in [4.69, 9.17) is 4.52 Å². The Hall–Kier alpha value is -2.46. The summed E-state index contributed by atoms with van der Waals surface area (Å²) in [4.78, 5) is 15.8. The number of carbonyl (C=O) groups is 1. The first-order valence-corrected chi connectivity index (χ1v) is 9.97. The van der Waals surface area contributed by atoms with Crippen molar-refractivity contribution in [3.05, 3.63) is 41.5 Å². The molecule has 2 aromatic rings. The van der Waals surface area contributed by atoms with Gasteiger partial charge in [-0.05, 0) is 26.0 Å². The number of nitrogens with one attached hydrogen (secondary N) is 1. The van der Waals surface area contributed by atoms with Gasteiger partial charge in [0.05, 0.1) is 12.2 Å². The Bertz CT molecular complexity index is 917. The van der Waals surface area contributed by atoms with E-state index in [1.807, 2.05) is 4.90 Å². The molecule has 27 heavy (non-hydrogen) atoms. The number of hydrogen-bond donors (Lipinski definition) is 1. The molecule has 0 radical (unpaired) electrons. The number of hydrogen-bond acceptors (Lipinski definition) is 6. The third kappa shape index (κ3) is 4.11. The van der Waals surface area contributed by atoms with Crippen LogP contribution in [0.3, 0.4) is 0 Å². The van der Waals surface area contributed by atoms with E-state index in [0.717, 1.165) is 0 Å². The Morgan fingerprint density at radius 1 is 1.22 bits per heavy atom. The van der Waals surface area contributed by atoms with Gasteiger partial charge in [-0.25, -0.2) is 17.5 Å². The third-order valence-electron chi connectivity index (χ3n) is 4.48. The fourth-order valence-corrected chi connectivity index (χ4v) is 4.40. The molecule has 10 heteroatoms. The lowest BCUT2D eigenvalue weighted by Gasteiger charge is -2.36. The first-order chi connectivity index (χ1) is 12.8. The summed E-state index contributed by atoms with van der Waals surface area (Å²) in [6.45, 7) is 4.40. The molecule has 8 nitrogen and oxygen atoms in total. The van der Waals surface area contributed by atoms with Gasteiger partial charge in [-0.3, -0.25) is 4.79 Å². The Labute approximate surface area is 157 Å². The van der Waals surface area contributed by atoms with Gasteiger partial charge < -0.3 is 14.3 Å². The summed E-state index contributed by atoms with van der Waals surface area (Å²) in [6.07, 6.45) is 0. The largest absolute Gasteiger partial charge is 0.366 e. The predicted molar refractivity (Wildman–Crippen MR) is 96.4 cm³/mol. The minimum absolute atomic E-state index is 0.0420. The lowest BCUT2D eigenvalue weighted by Crippen LogP contribution is -2.51. The number of amides is 1. The van der Waals surface area contributed by atoms with E-state index in [0.29, 0.717) is 31.9 Å². The van der Waals surface area contributed by atoms with Crippen molar-refractivity contribution in [3.63, 3.8) is 0 Å². The monoisotopic (exact) mass is 396 g/mol. The first-order valence-electron chi connectivity index (χ1n) is 8.49. The van der Waals surface area contributed by atoms with Gasteiger partial charge in [0.25, 0.3) is 0 Å². The molecule has 1 N–H and O–H groups in total. The molecule has 1 aromatic carbocycles. The lowest BCUT2D eigenvalue weighted by molar-refractivity contribution is -0.130. The van der Waals surface area contributed by atoms with Crippen LogP contribution in [0, 0.1) is 19.7 Å². The third-order valence-corrected chi connectivity index (χ3v) is 6.12. The van der Waals surface area contributed by atoms with Gasteiger partial charge in [0.1, 0.15) is 16.4 Å². The zero-order valence-electron chi connectivity index (χ0n) is 15.1. The van der Waals surface area contributed by atoms with Crippen LogP contribution in [0.2, 0.25) is 0 Å². The molecule has 1 amide bonds. The molecule has 0 atom stereocenters. The summed E-state index contributed by atoms with van der Waals surface area (Å²) in [7, 11) is -3.89. The van der Waals surface area contributed by atoms with Crippen molar-refractivity contribution in [1.29, 1.82) is 0 Å². The van der Waals surface area contributed by atoms with Crippen molar-refractivity contribution in [2.24, 2.45) is 0 Å². The van der Waals surface area contributed by atoms with Crippen molar-refractivity contribution in [3.8, 4) is 0 Å². The number of piperazine rings is 1. The maximum absolute atomic E-state index is 13.9. The average Bonchev–Trinajstić information content (AvgIpc) is 2.99. The number of para-hydroxylation sites is 1. The average molecular weight is 396 g/mol. The quantitative estimate of drug-likeness (QED) is 0.812. The highest BCUT2D eigenvalue weighted by Crippen LogP contribution is 2.20. The summed E-state index contributed by atoms with van der Waals surface area (Å²) in [6, 6.07) is 6.49. The molecule has 1 aromatic heterocycles. The predicted octanol–water partition coefficient (Wildman–Crippen LogP) is 1.06. The smallest absolute Gasteiger partial charge is 0.246 e. The lowest BCUT2D eigenvalue weighted by atomic mass is 10.2. The minimum atomic E-state index is -3.89. The molecule has 1 fully saturated rings. The standard InChI is InChI=1S/C17H21FN4O4S/c1-12-17(13(2)26-20-12)27(24,25)19-11-16(23)22-9-7-21(8-10-22)15-6-4-3-5-14(15)18/h3-6,19H,7-11H2,1-2H3. The molecule has 146 valence electrons. The number of anilines is 1. The summed E-state index contributed by atoms with van der Waals surface area (Å²) in [5, 5.41) is 3.62. The van der Waals surface area contributed by atoms with Crippen LogP contribution in [0.5, 0.6) is 0 Å². The summed E-state index contributed by atoms with van der Waals surface area (Å²) in [5.41, 5.74) is 0.745. The van der Waals surface area contributed by atoms with E-state index in [2.05, 4.69) is 9.88 Å². The van der Waals surface area contributed by atoms with E-state index in [9.17, 15) is 17.6 Å². The molecular weight excluding hydrogens is 375 g/mol. The van der Waals surface area contributed by atoms with Crippen molar-refractivity contribution < 1.29 is 22.1 Å². The second-order valence-electron chi connectivity index (χ2n) is 6.30. The maximum atomic E-state index is 13.9. The van der Waals surface area contributed by atoms with Crippen molar-refractivity contribution in [2.75, 3.05) is 37.6 Å². The van der Waals surface area contributed by atoms with Gasteiger partial charge in [-0.1, -0.05) is 17.3 Å². The topological polar surface area (TPSA) is 95.8 Å². The number of sulfonamides is 1. The molecule has 0 spiro atoms. The Balaban J connectivity index is 1.57. The van der Waals surface area contributed by atoms with Crippen molar-refractivity contribution in [2.45, 2.75) is 18.7 Å². The van der Waals surface area contributed by atoms with Gasteiger partial charge in [-0.15, -0.1) is 0 Å². The summed E-state index contributed by atoms with van der Waals surface area (Å²) < 4.78 is 45.8. The summed E-state index contributed by atoms with van der Waals surface area (Å²) >= 11 is 0. The van der Waals surface area contributed by atoms with E-state index < -0.39 is 10.0 Å². The van der Waals surface area contributed by atoms with Gasteiger partial charge in [0.2, 0.25) is 15.9 Å². The Morgan fingerprint density at radius 3 is 2.48 bits per heavy atom. The van der Waals surface area contributed by atoms with E-state index in [1.165, 1.54) is 19.9 Å². The molecular formula is C17H21FN4O4S. The molecule has 0 unspecified atom stereocenters. The highest BCUT2D eigenvalue weighted by molar-refractivity contribution is 7.89. The number of aryl methyl sites for hydroxylation is 2. The van der Waals surface area contributed by atoms with Crippen LogP contribution in [-0.2, 0) is 14.8 Å². The Kier molecular flexibility index (Phi) is 5.47. The molecule has 1 aliphatic heterocycles. The van der Waals surface area contributed by atoms with Crippen LogP contribution < -0.4 is 9.62 Å². The number of nitrogens with zero attached hydrogens (tertiary/aromatic N) is 3. The zero-order chi connectivity index (χ0) is 19.6. The first kappa shape index (κ1) is 19.3. The number of aromatic nitrogens is 1. The number of halogens is 1. The number of rotatable bonds is 5. The highest BCUT2D eigenvalue weighted by Gasteiger charge is 2.27. The molecule has 0 saturated carbocycles. The number of carbonyl (C=O) groups excluding carboxylic acids is 1. The molecule has 0 bridgehead atoms. The fourth-order valence-electron chi connectivity index (χ4n) is 3.10. The second-order valence-corrected chi connectivity index (χ2v) is 8.00. The fraction of sp³-hybridized carbons (Fsp3) is 0.412. The summed E-state index contributed by atoms with van der Waals surface area (Å²) in [5.74, 6) is -0.464. The van der Waals surface area contributed by atoms with Gasteiger partial charge in [0, 0.05) is 26.2 Å². The van der Waals surface area contributed by atoms with Crippen LogP contribution in [0.15, 0.2) is 33.7 Å². The molecule has 0 aliphatic carbocycles. The van der Waals surface area contributed by atoms with Gasteiger partial charge in [0.15, 0.2) is 5.76 Å². The van der Waals surface area contributed by atoms with Gasteiger partial charge >= 0.3 is 0 Å². The SMILES string of the molecule is Cc1noc(C)c1S(=O)(=O)NCC(=O)N1CCN(c2ccccc2F)CC1. The van der Waals surface area contributed by atoms with Crippen molar-refractivity contribution >= 4 is 21.6 Å². The van der Waals surface area contributed by atoms with Crippen LogP contribution in [0.4, 0.5) is 10.1 Å². The van der Waals surface area contributed by atoms with Crippen LogP contribution in [-0.4, -0.2) is 57.1 Å². The minimum Gasteiger partial charge on any atom is -0.366 e. The molecule has 1 saturated heterocycles. The maximum Gasteiger partial charge on any atom is 0.246 e. The van der Waals surface area contributed by atoms with Gasteiger partial charge in [-0.2, -0.15) is 0 Å². The van der Waals surface area contributed by atoms with Crippen LogP contribution in [0.25, 0.3) is 0 Å². The molecule has 3 rings (SSSR count). The normalized spacial score (nSPS) is 15.2. The number of benzene rings is 1.